The van der Waals surface area contributed by atoms with Crippen LogP contribution in [0.4, 0.5) is 0 Å². The third kappa shape index (κ3) is 4.99. The summed E-state index contributed by atoms with van der Waals surface area (Å²) < 4.78 is 6.14. The molecule has 1 amide bonds. The Bertz CT molecular complexity index is 1090. The van der Waals surface area contributed by atoms with Crippen LogP contribution in [0, 0.1) is 0 Å². The fraction of sp³-hybridized carbons (Fsp3) is 0.261. The molecule has 2 heterocycles. The maximum Gasteiger partial charge on any atom is 0.274 e. The number of benzene rings is 2. The Hall–Kier alpha value is -2.38. The highest BCUT2D eigenvalue weighted by molar-refractivity contribution is 6.35. The summed E-state index contributed by atoms with van der Waals surface area (Å²) in [5, 5.41) is 19.2. The first-order valence-electron chi connectivity index (χ1n) is 10.1. The molecule has 1 aliphatic heterocycles. The van der Waals surface area contributed by atoms with Crippen LogP contribution in [0.1, 0.15) is 40.6 Å². The van der Waals surface area contributed by atoms with E-state index < -0.39 is 6.10 Å². The molecule has 1 aliphatic rings. The van der Waals surface area contributed by atoms with E-state index in [-0.39, 0.29) is 30.1 Å². The molecule has 1 fully saturated rings. The topological polar surface area (TPSA) is 75.5 Å². The van der Waals surface area contributed by atoms with Crippen molar-refractivity contribution < 1.29 is 14.6 Å². The number of rotatable bonds is 6. The molecule has 0 spiro atoms. The van der Waals surface area contributed by atoms with Crippen LogP contribution >= 0.6 is 34.8 Å². The molecule has 166 valence electrons. The third-order valence-corrected chi connectivity index (χ3v) is 6.18. The molecular weight excluding hydrogens is 473 g/mol. The first-order valence-corrected chi connectivity index (χ1v) is 11.2. The number of carbonyl (C=O) groups excluding carboxylic acids is 1. The van der Waals surface area contributed by atoms with Gasteiger partial charge in [-0.05, 0) is 48.7 Å². The van der Waals surface area contributed by atoms with Crippen LogP contribution in [0.25, 0.3) is 0 Å². The van der Waals surface area contributed by atoms with Crippen molar-refractivity contribution in [1.82, 2.24) is 15.1 Å². The second-order valence-corrected chi connectivity index (χ2v) is 8.73. The third-order valence-electron chi connectivity index (χ3n) is 5.36. The second-order valence-electron chi connectivity index (χ2n) is 7.45. The summed E-state index contributed by atoms with van der Waals surface area (Å²) in [6, 6.07) is 15.4. The predicted molar refractivity (Wildman–Crippen MR) is 124 cm³/mol. The fourth-order valence-corrected chi connectivity index (χ4v) is 4.35. The van der Waals surface area contributed by atoms with Crippen LogP contribution in [-0.2, 0) is 0 Å². The van der Waals surface area contributed by atoms with Gasteiger partial charge in [0.25, 0.3) is 5.91 Å². The van der Waals surface area contributed by atoms with Crippen LogP contribution in [0.3, 0.4) is 0 Å². The van der Waals surface area contributed by atoms with Crippen molar-refractivity contribution >= 4 is 40.7 Å². The molecule has 0 radical (unpaired) electrons. The summed E-state index contributed by atoms with van der Waals surface area (Å²) in [7, 11) is 0. The van der Waals surface area contributed by atoms with Crippen LogP contribution in [0.5, 0.6) is 5.88 Å². The van der Waals surface area contributed by atoms with Gasteiger partial charge in [-0.1, -0.05) is 53.0 Å². The van der Waals surface area contributed by atoms with Gasteiger partial charge in [0.2, 0.25) is 5.88 Å². The SMILES string of the molecule is O=C(c1ccc(OC(c2ccc(Cl)cc2)c2ccc(Cl)cc2Cl)nn1)N1CCC[C@H]1CO. The van der Waals surface area contributed by atoms with Crippen LogP contribution in [0.2, 0.25) is 15.1 Å². The minimum Gasteiger partial charge on any atom is -0.463 e. The van der Waals surface area contributed by atoms with Gasteiger partial charge >= 0.3 is 0 Å². The first kappa shape index (κ1) is 22.8. The average molecular weight is 493 g/mol. The summed E-state index contributed by atoms with van der Waals surface area (Å²) >= 11 is 18.5. The second kappa shape index (κ2) is 10.0. The number of amides is 1. The van der Waals surface area contributed by atoms with Crippen molar-refractivity contribution in [2.75, 3.05) is 13.2 Å². The molecule has 0 aliphatic carbocycles. The Morgan fingerprint density at radius 2 is 1.81 bits per heavy atom. The number of ether oxygens (including phenoxy) is 1. The zero-order chi connectivity index (χ0) is 22.7. The summed E-state index contributed by atoms with van der Waals surface area (Å²) in [5.41, 5.74) is 1.71. The monoisotopic (exact) mass is 491 g/mol. The largest absolute Gasteiger partial charge is 0.463 e. The van der Waals surface area contributed by atoms with Crippen LogP contribution in [0.15, 0.2) is 54.6 Å². The highest BCUT2D eigenvalue weighted by Crippen LogP contribution is 2.34. The van der Waals surface area contributed by atoms with Crippen molar-refractivity contribution in [3.05, 3.63) is 86.5 Å². The van der Waals surface area contributed by atoms with E-state index >= 15 is 0 Å². The van der Waals surface area contributed by atoms with Gasteiger partial charge in [0.15, 0.2) is 11.8 Å². The molecule has 1 aromatic heterocycles. The molecule has 0 bridgehead atoms. The molecule has 32 heavy (non-hydrogen) atoms. The van der Waals surface area contributed by atoms with E-state index in [0.29, 0.717) is 27.2 Å². The van der Waals surface area contributed by atoms with E-state index in [2.05, 4.69) is 10.2 Å². The Balaban J connectivity index is 1.59. The minimum atomic E-state index is -0.592. The first-order chi connectivity index (χ1) is 15.5. The maximum atomic E-state index is 12.7. The highest BCUT2D eigenvalue weighted by atomic mass is 35.5. The summed E-state index contributed by atoms with van der Waals surface area (Å²) in [6.45, 7) is 0.530. The number of aromatic nitrogens is 2. The molecule has 1 N–H and O–H groups in total. The molecule has 9 heteroatoms. The predicted octanol–water partition coefficient (Wildman–Crippen LogP) is 5.20. The molecule has 0 saturated carbocycles. The van der Waals surface area contributed by atoms with Gasteiger partial charge < -0.3 is 14.7 Å². The van der Waals surface area contributed by atoms with Crippen molar-refractivity contribution in [3.63, 3.8) is 0 Å². The van der Waals surface area contributed by atoms with Crippen molar-refractivity contribution in [1.29, 1.82) is 0 Å². The van der Waals surface area contributed by atoms with E-state index in [0.717, 1.165) is 18.4 Å². The highest BCUT2D eigenvalue weighted by Gasteiger charge is 2.30. The van der Waals surface area contributed by atoms with E-state index in [1.54, 1.807) is 47.4 Å². The minimum absolute atomic E-state index is 0.0645. The standard InChI is InChI=1S/C23H20Cl3N3O3/c24-15-5-3-14(4-6-15)22(18-8-7-16(25)12-19(18)26)32-21-10-9-20(27-28-21)23(31)29-11-1-2-17(29)13-30/h3-10,12,17,22,30H,1-2,11,13H2/t17-,22?/m0/s1. The van der Waals surface area contributed by atoms with Gasteiger partial charge in [-0.3, -0.25) is 4.79 Å². The summed E-state index contributed by atoms with van der Waals surface area (Å²) in [4.78, 5) is 14.4. The van der Waals surface area contributed by atoms with E-state index in [1.165, 1.54) is 0 Å². The van der Waals surface area contributed by atoms with Gasteiger partial charge in [0.1, 0.15) is 0 Å². The summed E-state index contributed by atoms with van der Waals surface area (Å²) in [5.74, 6) is -0.0248. The van der Waals surface area contributed by atoms with E-state index in [4.69, 9.17) is 39.5 Å². The Labute approximate surface area is 200 Å². The van der Waals surface area contributed by atoms with Crippen molar-refractivity contribution in [3.8, 4) is 5.88 Å². The molecule has 1 unspecified atom stereocenters. The number of hydrogen-bond donors (Lipinski definition) is 1. The zero-order valence-corrected chi connectivity index (χ0v) is 19.2. The van der Waals surface area contributed by atoms with E-state index in [1.807, 2.05) is 12.1 Å². The molecule has 1 saturated heterocycles. The number of aliphatic hydroxyl groups excluding tert-OH is 1. The van der Waals surface area contributed by atoms with Gasteiger partial charge in [-0.2, -0.15) is 0 Å². The molecule has 6 nitrogen and oxygen atoms in total. The normalized spacial score (nSPS) is 16.8. The number of aliphatic hydroxyl groups is 1. The number of hydrogen-bond acceptors (Lipinski definition) is 5. The molecule has 3 aromatic rings. The Kier molecular flexibility index (Phi) is 7.16. The van der Waals surface area contributed by atoms with Gasteiger partial charge in [-0.25, -0.2) is 0 Å². The quantitative estimate of drug-likeness (QED) is 0.512. The molecular formula is C23H20Cl3N3O3. The average Bonchev–Trinajstić information content (AvgIpc) is 3.27. The van der Waals surface area contributed by atoms with Crippen LogP contribution < -0.4 is 4.74 Å². The molecule has 2 aromatic carbocycles. The molecule has 4 rings (SSSR count). The number of halogens is 3. The molecule has 2 atom stereocenters. The lowest BCUT2D eigenvalue weighted by molar-refractivity contribution is 0.0670. The van der Waals surface area contributed by atoms with Crippen LogP contribution in [-0.4, -0.2) is 45.3 Å². The van der Waals surface area contributed by atoms with Gasteiger partial charge in [-0.15, -0.1) is 10.2 Å². The van der Waals surface area contributed by atoms with Crippen molar-refractivity contribution in [2.45, 2.75) is 25.0 Å². The smallest absolute Gasteiger partial charge is 0.274 e. The number of nitrogens with zero attached hydrogens (tertiary/aromatic N) is 3. The van der Waals surface area contributed by atoms with Gasteiger partial charge in [0.05, 0.1) is 12.6 Å². The number of carbonyl (C=O) groups is 1. The lowest BCUT2D eigenvalue weighted by Gasteiger charge is -2.23. The van der Waals surface area contributed by atoms with Crippen molar-refractivity contribution in [2.24, 2.45) is 0 Å². The Morgan fingerprint density at radius 3 is 2.47 bits per heavy atom. The lowest BCUT2D eigenvalue weighted by Crippen LogP contribution is -2.38. The maximum absolute atomic E-state index is 12.7. The fourth-order valence-electron chi connectivity index (χ4n) is 3.72. The number of likely N-dealkylation sites (tertiary alicyclic amines) is 1. The lowest BCUT2D eigenvalue weighted by atomic mass is 10.0. The van der Waals surface area contributed by atoms with E-state index in [9.17, 15) is 9.90 Å². The summed E-state index contributed by atoms with van der Waals surface area (Å²) in [6.07, 6.45) is 1.04. The van der Waals surface area contributed by atoms with Gasteiger partial charge in [0, 0.05) is 33.2 Å². The Morgan fingerprint density at radius 1 is 1.06 bits per heavy atom. The zero-order valence-electron chi connectivity index (χ0n) is 16.9.